The van der Waals surface area contributed by atoms with Gasteiger partial charge in [0.1, 0.15) is 11.6 Å². The van der Waals surface area contributed by atoms with Crippen LogP contribution in [0.2, 0.25) is 0 Å². The van der Waals surface area contributed by atoms with Gasteiger partial charge in [-0.1, -0.05) is 0 Å². The maximum absolute atomic E-state index is 13.0. The zero-order valence-electron chi connectivity index (χ0n) is 10.9. The van der Waals surface area contributed by atoms with E-state index in [-0.39, 0.29) is 11.4 Å². The molecule has 0 saturated carbocycles. The molecule has 1 aliphatic heterocycles. The Morgan fingerprint density at radius 1 is 1.15 bits per heavy atom. The van der Waals surface area contributed by atoms with Gasteiger partial charge in [-0.3, -0.25) is 9.62 Å². The van der Waals surface area contributed by atoms with Gasteiger partial charge < -0.3 is 5.32 Å². The molecule has 1 saturated heterocycles. The molecule has 0 amide bonds. The van der Waals surface area contributed by atoms with Crippen LogP contribution in [0.3, 0.4) is 0 Å². The molecule has 5 nitrogen and oxygen atoms in total. The minimum absolute atomic E-state index is 0.0946. The van der Waals surface area contributed by atoms with Gasteiger partial charge in [0.2, 0.25) is 10.0 Å². The minimum atomic E-state index is -3.61. The molecule has 20 heavy (non-hydrogen) atoms. The molecule has 0 unspecified atom stereocenters. The van der Waals surface area contributed by atoms with Gasteiger partial charge in [0, 0.05) is 38.8 Å². The van der Waals surface area contributed by atoms with Gasteiger partial charge in [0.25, 0.3) is 0 Å². The van der Waals surface area contributed by atoms with Crippen LogP contribution < -0.4 is 10.0 Å². The number of rotatable bonds is 5. The Morgan fingerprint density at radius 2 is 1.75 bits per heavy atom. The van der Waals surface area contributed by atoms with Gasteiger partial charge in [0.15, 0.2) is 0 Å². The summed E-state index contributed by atoms with van der Waals surface area (Å²) in [6, 6.07) is 2.59. The smallest absolute Gasteiger partial charge is 0.233 e. The number of nitrogens with one attached hydrogen (secondary N) is 2. The summed E-state index contributed by atoms with van der Waals surface area (Å²) in [6.07, 6.45) is 0. The largest absolute Gasteiger partial charge is 0.314 e. The molecule has 0 spiro atoms. The summed E-state index contributed by atoms with van der Waals surface area (Å²) in [5, 5.41) is 3.17. The normalized spacial score (nSPS) is 17.1. The quantitative estimate of drug-likeness (QED) is 0.837. The molecule has 2 rings (SSSR count). The zero-order chi connectivity index (χ0) is 14.6. The standard InChI is InChI=1S/C12H17F2N3O2S/c13-10-7-11(14)9-12(8-10)16-20(18,19)6-5-17-3-1-15-2-4-17/h7-9,15-16H,1-6H2. The number of hydrogen-bond donors (Lipinski definition) is 2. The molecule has 1 aromatic rings. The second-order valence-electron chi connectivity index (χ2n) is 4.67. The molecule has 0 atom stereocenters. The van der Waals surface area contributed by atoms with E-state index in [1.54, 1.807) is 0 Å². The van der Waals surface area contributed by atoms with E-state index >= 15 is 0 Å². The molecule has 0 aromatic heterocycles. The van der Waals surface area contributed by atoms with Crippen molar-refractivity contribution in [1.82, 2.24) is 10.2 Å². The number of sulfonamides is 1. The first-order valence-corrected chi connectivity index (χ1v) is 7.99. The first-order chi connectivity index (χ1) is 9.44. The molecular weight excluding hydrogens is 288 g/mol. The Morgan fingerprint density at radius 3 is 2.35 bits per heavy atom. The van der Waals surface area contributed by atoms with Crippen molar-refractivity contribution in [2.75, 3.05) is 43.2 Å². The highest BCUT2D eigenvalue weighted by molar-refractivity contribution is 7.92. The fourth-order valence-corrected chi connectivity index (χ4v) is 3.10. The van der Waals surface area contributed by atoms with E-state index < -0.39 is 21.7 Å². The van der Waals surface area contributed by atoms with E-state index in [1.165, 1.54) is 0 Å². The maximum atomic E-state index is 13.0. The predicted molar refractivity (Wildman–Crippen MR) is 73.1 cm³/mol. The van der Waals surface area contributed by atoms with Crippen LogP contribution in [0.4, 0.5) is 14.5 Å². The van der Waals surface area contributed by atoms with Crippen molar-refractivity contribution in [1.29, 1.82) is 0 Å². The van der Waals surface area contributed by atoms with Crippen molar-refractivity contribution in [2.45, 2.75) is 0 Å². The number of anilines is 1. The van der Waals surface area contributed by atoms with Crippen LogP contribution >= 0.6 is 0 Å². The second-order valence-corrected chi connectivity index (χ2v) is 6.51. The number of halogens is 2. The van der Waals surface area contributed by atoms with Gasteiger partial charge in [0.05, 0.1) is 11.4 Å². The summed E-state index contributed by atoms with van der Waals surface area (Å²) in [5.41, 5.74) is -0.0946. The Bertz CT molecular complexity index is 540. The van der Waals surface area contributed by atoms with Crippen LogP contribution in [0.15, 0.2) is 18.2 Å². The minimum Gasteiger partial charge on any atom is -0.314 e. The molecule has 1 heterocycles. The van der Waals surface area contributed by atoms with Gasteiger partial charge >= 0.3 is 0 Å². The van der Waals surface area contributed by atoms with E-state index in [0.29, 0.717) is 12.6 Å². The fraction of sp³-hybridized carbons (Fsp3) is 0.500. The van der Waals surface area contributed by atoms with E-state index in [2.05, 4.69) is 10.0 Å². The van der Waals surface area contributed by atoms with Crippen LogP contribution in [0.25, 0.3) is 0 Å². The molecule has 1 aromatic carbocycles. The SMILES string of the molecule is O=S(=O)(CCN1CCNCC1)Nc1cc(F)cc(F)c1. The molecule has 1 fully saturated rings. The van der Waals surface area contributed by atoms with E-state index in [0.717, 1.165) is 38.3 Å². The highest BCUT2D eigenvalue weighted by atomic mass is 32.2. The van der Waals surface area contributed by atoms with Gasteiger partial charge in [-0.2, -0.15) is 0 Å². The van der Waals surface area contributed by atoms with Crippen LogP contribution in [0.5, 0.6) is 0 Å². The highest BCUT2D eigenvalue weighted by Gasteiger charge is 2.16. The van der Waals surface area contributed by atoms with Gasteiger partial charge in [-0.05, 0) is 12.1 Å². The Kier molecular flexibility index (Phi) is 4.90. The average Bonchev–Trinajstić information content (AvgIpc) is 2.36. The summed E-state index contributed by atoms with van der Waals surface area (Å²) >= 11 is 0. The lowest BCUT2D eigenvalue weighted by Gasteiger charge is -2.26. The van der Waals surface area contributed by atoms with Crippen molar-refractivity contribution >= 4 is 15.7 Å². The number of piperazine rings is 1. The Balaban J connectivity index is 1.92. The highest BCUT2D eigenvalue weighted by Crippen LogP contribution is 2.14. The third-order valence-corrected chi connectivity index (χ3v) is 4.29. The molecule has 8 heteroatoms. The molecule has 2 N–H and O–H groups in total. The number of benzene rings is 1. The molecular formula is C12H17F2N3O2S. The summed E-state index contributed by atoms with van der Waals surface area (Å²) in [5.74, 6) is -1.74. The molecule has 0 bridgehead atoms. The van der Waals surface area contributed by atoms with Crippen molar-refractivity contribution in [3.05, 3.63) is 29.8 Å². The molecule has 0 radical (unpaired) electrons. The monoisotopic (exact) mass is 305 g/mol. The zero-order valence-corrected chi connectivity index (χ0v) is 11.7. The van der Waals surface area contributed by atoms with Crippen molar-refractivity contribution < 1.29 is 17.2 Å². The lowest BCUT2D eigenvalue weighted by molar-refractivity contribution is 0.254. The molecule has 1 aliphatic rings. The van der Waals surface area contributed by atoms with Crippen molar-refractivity contribution in [3.8, 4) is 0 Å². The third-order valence-electron chi connectivity index (χ3n) is 3.02. The fourth-order valence-electron chi connectivity index (χ4n) is 2.03. The Hall–Kier alpha value is -1.25. The van der Waals surface area contributed by atoms with Gasteiger partial charge in [-0.25, -0.2) is 17.2 Å². The first kappa shape index (κ1) is 15.1. The maximum Gasteiger partial charge on any atom is 0.233 e. The van der Waals surface area contributed by atoms with Crippen LogP contribution in [0, 0.1) is 11.6 Å². The topological polar surface area (TPSA) is 61.4 Å². The van der Waals surface area contributed by atoms with E-state index in [1.807, 2.05) is 4.90 Å². The number of hydrogen-bond acceptors (Lipinski definition) is 4. The average molecular weight is 305 g/mol. The molecule has 0 aliphatic carbocycles. The molecule has 112 valence electrons. The second kappa shape index (κ2) is 6.47. The van der Waals surface area contributed by atoms with E-state index in [4.69, 9.17) is 0 Å². The summed E-state index contributed by atoms with van der Waals surface area (Å²) < 4.78 is 51.9. The third kappa shape index (κ3) is 4.69. The summed E-state index contributed by atoms with van der Waals surface area (Å²) in [4.78, 5) is 2.03. The van der Waals surface area contributed by atoms with Crippen LogP contribution in [-0.2, 0) is 10.0 Å². The van der Waals surface area contributed by atoms with Crippen LogP contribution in [0.1, 0.15) is 0 Å². The lowest BCUT2D eigenvalue weighted by Crippen LogP contribution is -2.45. The summed E-state index contributed by atoms with van der Waals surface area (Å²) in [6.45, 7) is 3.66. The van der Waals surface area contributed by atoms with Crippen molar-refractivity contribution in [2.24, 2.45) is 0 Å². The first-order valence-electron chi connectivity index (χ1n) is 6.34. The van der Waals surface area contributed by atoms with Crippen LogP contribution in [-0.4, -0.2) is 51.8 Å². The number of nitrogens with zero attached hydrogens (tertiary/aromatic N) is 1. The lowest BCUT2D eigenvalue weighted by atomic mass is 10.3. The predicted octanol–water partition coefficient (Wildman–Crippen LogP) is 0.612. The summed E-state index contributed by atoms with van der Waals surface area (Å²) in [7, 11) is -3.61. The van der Waals surface area contributed by atoms with Gasteiger partial charge in [-0.15, -0.1) is 0 Å². The van der Waals surface area contributed by atoms with Crippen molar-refractivity contribution in [3.63, 3.8) is 0 Å². The van der Waals surface area contributed by atoms with E-state index in [9.17, 15) is 17.2 Å². The Labute approximate surface area is 117 Å².